The first-order valence-electron chi connectivity index (χ1n) is 11.1. The van der Waals surface area contributed by atoms with E-state index in [0.717, 1.165) is 11.7 Å². The molecule has 1 heterocycles. The number of aromatic nitrogens is 2. The second-order valence-corrected chi connectivity index (χ2v) is 10.3. The molecule has 0 amide bonds. The largest absolute Gasteiger partial charge is 1.00 e. The quantitative estimate of drug-likeness (QED) is 0.325. The van der Waals surface area contributed by atoms with Crippen LogP contribution in [0.25, 0.3) is 5.69 Å². The van der Waals surface area contributed by atoms with E-state index in [9.17, 15) is 0 Å². The minimum absolute atomic E-state index is 0. The molecule has 0 saturated heterocycles. The Labute approximate surface area is 199 Å². The molecule has 7 heteroatoms. The van der Waals surface area contributed by atoms with Crippen LogP contribution in [-0.2, 0) is 19.8 Å². The molecular formula is C25H35ClN2O3Si. The second kappa shape index (κ2) is 11.8. The predicted octanol–water partition coefficient (Wildman–Crippen LogP) is 0.998. The molecule has 0 N–H and O–H groups in total. The highest BCUT2D eigenvalue weighted by Gasteiger charge is 2.43. The lowest BCUT2D eigenvalue weighted by Crippen LogP contribution is -3.00. The zero-order valence-electron chi connectivity index (χ0n) is 20.0. The molecule has 0 aliphatic heterocycles. The molecule has 174 valence electrons. The standard InChI is InChI=1S/C25H35N2O3Si.ClH/c1-7-28-31(29-8-2,30-9-3)24-12-10-23(11-13-24)18-26-14-15-27(19-26)25-21(5)16-20(4)17-22(25)6;/h10-17,19H,7-9,18H2,1-6H3;1H/q+1;/p-1. The highest BCUT2D eigenvalue weighted by Crippen LogP contribution is 2.16. The Morgan fingerprint density at radius 3 is 1.88 bits per heavy atom. The van der Waals surface area contributed by atoms with Gasteiger partial charge in [0.1, 0.15) is 24.6 Å². The van der Waals surface area contributed by atoms with Crippen molar-refractivity contribution in [2.45, 2.75) is 48.1 Å². The molecule has 0 fully saturated rings. The fraction of sp³-hybridized carbons (Fsp3) is 0.400. The van der Waals surface area contributed by atoms with Crippen LogP contribution in [0.2, 0.25) is 0 Å². The number of halogens is 1. The van der Waals surface area contributed by atoms with Gasteiger partial charge in [-0.05, 0) is 58.2 Å². The average molecular weight is 475 g/mol. The third-order valence-electron chi connectivity index (χ3n) is 5.26. The van der Waals surface area contributed by atoms with E-state index >= 15 is 0 Å². The Balaban J connectivity index is 0.00000363. The van der Waals surface area contributed by atoms with Crippen molar-refractivity contribution in [1.82, 2.24) is 4.57 Å². The Morgan fingerprint density at radius 2 is 1.38 bits per heavy atom. The van der Waals surface area contributed by atoms with Crippen LogP contribution in [0, 0.1) is 20.8 Å². The van der Waals surface area contributed by atoms with Gasteiger partial charge in [-0.1, -0.05) is 42.0 Å². The zero-order chi connectivity index (χ0) is 22.4. The Morgan fingerprint density at radius 1 is 0.844 bits per heavy atom. The highest BCUT2D eigenvalue weighted by molar-refractivity contribution is 6.75. The number of hydrogen-bond donors (Lipinski definition) is 0. The van der Waals surface area contributed by atoms with Gasteiger partial charge in [0.25, 0.3) is 0 Å². The Hall–Kier alpha value is -1.96. The summed E-state index contributed by atoms with van der Waals surface area (Å²) in [4.78, 5) is 0. The van der Waals surface area contributed by atoms with Crippen LogP contribution in [0.3, 0.4) is 0 Å². The van der Waals surface area contributed by atoms with E-state index in [-0.39, 0.29) is 12.4 Å². The van der Waals surface area contributed by atoms with Gasteiger partial charge in [-0.15, -0.1) is 0 Å². The van der Waals surface area contributed by atoms with Gasteiger partial charge < -0.3 is 25.7 Å². The third-order valence-corrected chi connectivity index (χ3v) is 8.31. The summed E-state index contributed by atoms with van der Waals surface area (Å²) in [6.45, 7) is 14.9. The van der Waals surface area contributed by atoms with Gasteiger partial charge in [-0.3, -0.25) is 0 Å². The Bertz CT molecular complexity index is 965. The summed E-state index contributed by atoms with van der Waals surface area (Å²) in [5.74, 6) is 0. The van der Waals surface area contributed by atoms with E-state index in [1.54, 1.807) is 0 Å². The molecule has 1 aromatic heterocycles. The molecule has 0 bridgehead atoms. The average Bonchev–Trinajstić information content (AvgIpc) is 3.16. The minimum Gasteiger partial charge on any atom is -1.00 e. The van der Waals surface area contributed by atoms with Crippen molar-refractivity contribution in [3.8, 4) is 5.69 Å². The molecule has 0 spiro atoms. The van der Waals surface area contributed by atoms with Crippen LogP contribution in [0.1, 0.15) is 43.0 Å². The zero-order valence-corrected chi connectivity index (χ0v) is 21.8. The van der Waals surface area contributed by atoms with Gasteiger partial charge in [0.15, 0.2) is 0 Å². The van der Waals surface area contributed by atoms with Crippen LogP contribution in [-0.4, -0.2) is 33.2 Å². The molecule has 0 aliphatic rings. The fourth-order valence-corrected chi connectivity index (χ4v) is 6.63. The predicted molar refractivity (Wildman–Crippen MR) is 126 cm³/mol. The van der Waals surface area contributed by atoms with Crippen LogP contribution in [0.15, 0.2) is 55.1 Å². The van der Waals surface area contributed by atoms with Crippen molar-refractivity contribution >= 4 is 14.0 Å². The molecule has 0 aliphatic carbocycles. The fourth-order valence-electron chi connectivity index (χ4n) is 4.17. The number of aryl methyl sites for hydroxylation is 3. The number of imidazole rings is 1. The highest BCUT2D eigenvalue weighted by atomic mass is 35.5. The van der Waals surface area contributed by atoms with Crippen molar-refractivity contribution in [3.05, 3.63) is 77.4 Å². The topological polar surface area (TPSA) is 36.5 Å². The summed E-state index contributed by atoms with van der Waals surface area (Å²) in [5.41, 5.74) is 6.34. The van der Waals surface area contributed by atoms with E-state index < -0.39 is 8.80 Å². The molecule has 2 aromatic carbocycles. The van der Waals surface area contributed by atoms with Crippen molar-refractivity contribution in [2.75, 3.05) is 19.8 Å². The molecule has 0 radical (unpaired) electrons. The lowest BCUT2D eigenvalue weighted by Gasteiger charge is -2.28. The maximum atomic E-state index is 6.02. The normalized spacial score (nSPS) is 11.4. The molecular weight excluding hydrogens is 440 g/mol. The van der Waals surface area contributed by atoms with Crippen LogP contribution in [0.5, 0.6) is 0 Å². The summed E-state index contributed by atoms with van der Waals surface area (Å²) in [6, 6.07) is 12.9. The van der Waals surface area contributed by atoms with E-state index in [1.807, 2.05) is 20.8 Å². The second-order valence-electron chi connectivity index (χ2n) is 7.79. The maximum absolute atomic E-state index is 6.02. The van der Waals surface area contributed by atoms with Crippen molar-refractivity contribution in [3.63, 3.8) is 0 Å². The van der Waals surface area contributed by atoms with E-state index in [0.29, 0.717) is 19.8 Å². The minimum atomic E-state index is -2.85. The van der Waals surface area contributed by atoms with E-state index in [4.69, 9.17) is 13.3 Å². The Kier molecular flexibility index (Phi) is 9.67. The number of benzene rings is 2. The van der Waals surface area contributed by atoms with Gasteiger partial charge in [-0.25, -0.2) is 9.13 Å². The third kappa shape index (κ3) is 5.88. The molecule has 0 saturated carbocycles. The summed E-state index contributed by atoms with van der Waals surface area (Å²) < 4.78 is 22.5. The van der Waals surface area contributed by atoms with Gasteiger partial charge in [0.2, 0.25) is 6.33 Å². The van der Waals surface area contributed by atoms with Crippen LogP contribution in [0.4, 0.5) is 0 Å². The molecule has 3 rings (SSSR count). The number of hydrogen-bond acceptors (Lipinski definition) is 3. The summed E-state index contributed by atoms with van der Waals surface area (Å²) in [5, 5.41) is 1.01. The molecule has 3 aromatic rings. The van der Waals surface area contributed by atoms with Crippen molar-refractivity contribution in [2.24, 2.45) is 0 Å². The molecule has 0 atom stereocenters. The van der Waals surface area contributed by atoms with Crippen molar-refractivity contribution in [1.29, 1.82) is 0 Å². The lowest BCUT2D eigenvalue weighted by atomic mass is 10.1. The number of nitrogens with zero attached hydrogens (tertiary/aromatic N) is 2. The number of rotatable bonds is 10. The van der Waals surface area contributed by atoms with Crippen LogP contribution >= 0.6 is 0 Å². The van der Waals surface area contributed by atoms with Gasteiger partial charge in [0, 0.05) is 25.0 Å². The first-order valence-corrected chi connectivity index (χ1v) is 12.8. The lowest BCUT2D eigenvalue weighted by molar-refractivity contribution is -0.596. The smallest absolute Gasteiger partial charge is 0.537 e. The summed E-state index contributed by atoms with van der Waals surface area (Å²) >= 11 is 0. The molecule has 0 unspecified atom stereocenters. The SMILES string of the molecule is CCO[Si](OCC)(OCC)c1ccc(Cn2cc[n+](-c3c(C)cc(C)cc3C)c2)cc1.[Cl-]. The first-order chi connectivity index (χ1) is 14.9. The summed E-state index contributed by atoms with van der Waals surface area (Å²) in [6.07, 6.45) is 6.39. The van der Waals surface area contributed by atoms with Crippen LogP contribution < -0.4 is 22.2 Å². The van der Waals surface area contributed by atoms with Gasteiger partial charge in [0.05, 0.1) is 0 Å². The van der Waals surface area contributed by atoms with E-state index in [2.05, 4.69) is 85.0 Å². The van der Waals surface area contributed by atoms with Gasteiger partial charge >= 0.3 is 8.80 Å². The first kappa shape index (κ1) is 26.3. The monoisotopic (exact) mass is 474 g/mol. The maximum Gasteiger partial charge on any atom is 0.537 e. The molecule has 32 heavy (non-hydrogen) atoms. The molecule has 5 nitrogen and oxygen atoms in total. The van der Waals surface area contributed by atoms with E-state index in [1.165, 1.54) is 27.9 Å². The van der Waals surface area contributed by atoms with Gasteiger partial charge in [-0.2, -0.15) is 0 Å². The van der Waals surface area contributed by atoms with Crippen molar-refractivity contribution < 1.29 is 30.3 Å². The summed E-state index contributed by atoms with van der Waals surface area (Å²) in [7, 11) is -2.85.